The topological polar surface area (TPSA) is 0 Å². The van der Waals surface area contributed by atoms with Gasteiger partial charge in [-0.05, 0) is 107 Å². The highest BCUT2D eigenvalue weighted by Crippen LogP contribution is 2.45. The van der Waals surface area contributed by atoms with Crippen molar-refractivity contribution in [2.75, 3.05) is 0 Å². The Morgan fingerprint density at radius 1 is 0.571 bits per heavy atom. The van der Waals surface area contributed by atoms with Crippen LogP contribution in [0.3, 0.4) is 0 Å². The Morgan fingerprint density at radius 2 is 0.905 bits per heavy atom. The van der Waals surface area contributed by atoms with Gasteiger partial charge in [0.2, 0.25) is 0 Å². The summed E-state index contributed by atoms with van der Waals surface area (Å²) < 4.78 is 0.982. The van der Waals surface area contributed by atoms with Crippen LogP contribution in [0.5, 0.6) is 0 Å². The normalized spacial score (nSPS) is 45.2. The summed E-state index contributed by atoms with van der Waals surface area (Å²) in [6.07, 6.45) is 20.3. The minimum atomic E-state index is 0.834. The van der Waals surface area contributed by atoms with Crippen LogP contribution in [0, 0.1) is 29.6 Å². The van der Waals surface area contributed by atoms with Gasteiger partial charge in [0.1, 0.15) is 0 Å². The Hall–Kier alpha value is 0.470. The Kier molecular flexibility index (Phi) is 6.09. The van der Waals surface area contributed by atoms with Crippen LogP contribution >= 0.6 is 22.6 Å². The summed E-state index contributed by atoms with van der Waals surface area (Å²) in [5, 5.41) is 0. The molecule has 0 saturated heterocycles. The zero-order valence-corrected chi connectivity index (χ0v) is 15.8. The van der Waals surface area contributed by atoms with Crippen LogP contribution in [0.2, 0.25) is 0 Å². The number of hydrogen-bond acceptors (Lipinski definition) is 0. The highest BCUT2D eigenvalue weighted by molar-refractivity contribution is 14.1. The lowest BCUT2D eigenvalue weighted by molar-refractivity contribution is 0.119. The van der Waals surface area contributed by atoms with Crippen LogP contribution in [-0.2, 0) is 0 Å². The third-order valence-electron chi connectivity index (χ3n) is 7.00. The molecule has 120 valence electrons. The zero-order chi connectivity index (χ0) is 14.7. The first-order valence-corrected chi connectivity index (χ1v) is 10.8. The molecule has 0 nitrogen and oxygen atoms in total. The molecule has 0 aromatic rings. The number of alkyl halides is 1. The molecule has 0 bridgehead atoms. The molecule has 3 aliphatic rings. The van der Waals surface area contributed by atoms with Crippen molar-refractivity contribution < 1.29 is 0 Å². The molecule has 1 heteroatoms. The van der Waals surface area contributed by atoms with Crippen molar-refractivity contribution in [2.24, 2.45) is 29.6 Å². The van der Waals surface area contributed by atoms with Gasteiger partial charge in [0.15, 0.2) is 0 Å². The van der Waals surface area contributed by atoms with Crippen LogP contribution in [-0.4, -0.2) is 3.92 Å². The third kappa shape index (κ3) is 4.26. The van der Waals surface area contributed by atoms with Crippen LogP contribution in [0.15, 0.2) is 12.7 Å². The number of halogens is 1. The molecule has 0 atom stereocenters. The van der Waals surface area contributed by atoms with Gasteiger partial charge in [-0.25, -0.2) is 0 Å². The molecule has 3 rings (SSSR count). The quantitative estimate of drug-likeness (QED) is 0.278. The van der Waals surface area contributed by atoms with E-state index < -0.39 is 0 Å². The van der Waals surface area contributed by atoms with Crippen LogP contribution in [0.1, 0.15) is 77.0 Å². The minimum Gasteiger partial charge on any atom is -0.103 e. The number of allylic oxidation sites excluding steroid dienone is 1. The summed E-state index contributed by atoms with van der Waals surface area (Å²) in [6.45, 7) is 3.99. The standard InChI is InChI=1S/C20H33I/c1-2-15-3-5-16(6-4-15)17-7-9-18(10-8-17)19-11-13-20(21)14-12-19/h2,15-20H,1,3-14H2. The molecular formula is C20H33I. The maximum absolute atomic E-state index is 3.99. The van der Waals surface area contributed by atoms with E-state index in [1.165, 1.54) is 51.4 Å². The highest BCUT2D eigenvalue weighted by Gasteiger charge is 2.33. The van der Waals surface area contributed by atoms with Gasteiger partial charge in [0.05, 0.1) is 0 Å². The highest BCUT2D eigenvalue weighted by atomic mass is 127. The van der Waals surface area contributed by atoms with Crippen molar-refractivity contribution >= 4 is 22.6 Å². The second-order valence-electron chi connectivity index (χ2n) is 8.10. The molecule has 3 aliphatic carbocycles. The van der Waals surface area contributed by atoms with Crippen molar-refractivity contribution in [1.82, 2.24) is 0 Å². The predicted molar refractivity (Wildman–Crippen MR) is 101 cm³/mol. The smallest absolute Gasteiger partial charge is 0.0110 e. The van der Waals surface area contributed by atoms with E-state index in [-0.39, 0.29) is 0 Å². The van der Waals surface area contributed by atoms with Gasteiger partial charge < -0.3 is 0 Å². The Balaban J connectivity index is 1.42. The van der Waals surface area contributed by atoms with Gasteiger partial charge in [0, 0.05) is 3.92 Å². The number of hydrogen-bond donors (Lipinski definition) is 0. The van der Waals surface area contributed by atoms with Crippen molar-refractivity contribution in [3.63, 3.8) is 0 Å². The van der Waals surface area contributed by atoms with Crippen molar-refractivity contribution in [1.29, 1.82) is 0 Å². The maximum Gasteiger partial charge on any atom is 0.0110 e. The van der Waals surface area contributed by atoms with Crippen LogP contribution < -0.4 is 0 Å². The van der Waals surface area contributed by atoms with Gasteiger partial charge in [-0.2, -0.15) is 0 Å². The Bertz CT molecular complexity index is 313. The molecule has 0 unspecified atom stereocenters. The van der Waals surface area contributed by atoms with E-state index in [4.69, 9.17) is 0 Å². The van der Waals surface area contributed by atoms with Crippen molar-refractivity contribution in [3.8, 4) is 0 Å². The Labute approximate surface area is 145 Å². The second-order valence-corrected chi connectivity index (χ2v) is 9.86. The van der Waals surface area contributed by atoms with Gasteiger partial charge in [-0.3, -0.25) is 0 Å². The zero-order valence-electron chi connectivity index (χ0n) is 13.6. The third-order valence-corrected chi connectivity index (χ3v) is 8.25. The van der Waals surface area contributed by atoms with Crippen molar-refractivity contribution in [2.45, 2.75) is 81.0 Å². The molecule has 0 radical (unpaired) electrons. The average molecular weight is 400 g/mol. The average Bonchev–Trinajstić information content (AvgIpc) is 2.56. The van der Waals surface area contributed by atoms with E-state index in [1.807, 2.05) is 0 Å². The van der Waals surface area contributed by atoms with Crippen LogP contribution in [0.4, 0.5) is 0 Å². The van der Waals surface area contributed by atoms with Gasteiger partial charge in [0.25, 0.3) is 0 Å². The molecule has 21 heavy (non-hydrogen) atoms. The molecular weight excluding hydrogens is 367 g/mol. The predicted octanol–water partition coefficient (Wildman–Crippen LogP) is 6.78. The van der Waals surface area contributed by atoms with Gasteiger partial charge >= 0.3 is 0 Å². The molecule has 0 N–H and O–H groups in total. The number of rotatable bonds is 3. The first kappa shape index (κ1) is 16.3. The molecule has 3 saturated carbocycles. The fourth-order valence-electron chi connectivity index (χ4n) is 5.49. The minimum absolute atomic E-state index is 0.834. The van der Waals surface area contributed by atoms with Crippen molar-refractivity contribution in [3.05, 3.63) is 12.7 Å². The van der Waals surface area contributed by atoms with E-state index in [0.29, 0.717) is 0 Å². The van der Waals surface area contributed by atoms with E-state index in [9.17, 15) is 0 Å². The lowest BCUT2D eigenvalue weighted by Gasteiger charge is -2.40. The fourth-order valence-corrected chi connectivity index (χ4v) is 6.21. The monoisotopic (exact) mass is 400 g/mol. The van der Waals surface area contributed by atoms with Crippen LogP contribution in [0.25, 0.3) is 0 Å². The van der Waals surface area contributed by atoms with E-state index in [0.717, 1.165) is 33.5 Å². The first-order chi connectivity index (χ1) is 10.3. The molecule has 0 aromatic carbocycles. The molecule has 0 aliphatic heterocycles. The lowest BCUT2D eigenvalue weighted by Crippen LogP contribution is -2.29. The molecule has 3 fully saturated rings. The largest absolute Gasteiger partial charge is 0.103 e. The first-order valence-electron chi connectivity index (χ1n) is 9.53. The second kappa shape index (κ2) is 7.84. The molecule has 0 aromatic heterocycles. The van der Waals surface area contributed by atoms with E-state index >= 15 is 0 Å². The molecule has 0 heterocycles. The molecule has 0 spiro atoms. The summed E-state index contributed by atoms with van der Waals surface area (Å²) in [5.74, 6) is 5.16. The Morgan fingerprint density at radius 3 is 1.29 bits per heavy atom. The fraction of sp³-hybridized carbons (Fsp3) is 0.900. The van der Waals surface area contributed by atoms with Gasteiger partial charge in [-0.15, -0.1) is 6.58 Å². The van der Waals surface area contributed by atoms with Gasteiger partial charge in [-0.1, -0.05) is 28.7 Å². The molecule has 0 amide bonds. The SMILES string of the molecule is C=CC1CCC(C2CCC(C3CCC(I)CC3)CC2)CC1. The summed E-state index contributed by atoms with van der Waals surface area (Å²) in [6, 6.07) is 0. The van der Waals surface area contributed by atoms with E-state index in [2.05, 4.69) is 35.2 Å². The summed E-state index contributed by atoms with van der Waals surface area (Å²) >= 11 is 2.67. The maximum atomic E-state index is 3.99. The summed E-state index contributed by atoms with van der Waals surface area (Å²) in [4.78, 5) is 0. The lowest BCUT2D eigenvalue weighted by atomic mass is 9.66. The summed E-state index contributed by atoms with van der Waals surface area (Å²) in [5.41, 5.74) is 0. The van der Waals surface area contributed by atoms with E-state index in [1.54, 1.807) is 25.7 Å². The summed E-state index contributed by atoms with van der Waals surface area (Å²) in [7, 11) is 0.